The maximum absolute atomic E-state index is 13.2. The number of H-pyrrole nitrogens is 1. The van der Waals surface area contributed by atoms with Gasteiger partial charge in [-0.05, 0) is 37.1 Å². The highest BCUT2D eigenvalue weighted by atomic mass is 32.2. The Morgan fingerprint density at radius 1 is 1.37 bits per heavy atom. The van der Waals surface area contributed by atoms with Crippen molar-refractivity contribution in [2.45, 2.75) is 18.2 Å². The van der Waals surface area contributed by atoms with Gasteiger partial charge in [0.1, 0.15) is 0 Å². The summed E-state index contributed by atoms with van der Waals surface area (Å²) in [5.41, 5.74) is -0.105. The number of pyridine rings is 1. The Bertz CT molecular complexity index is 1090. The van der Waals surface area contributed by atoms with Crippen molar-refractivity contribution in [3.05, 3.63) is 40.2 Å². The van der Waals surface area contributed by atoms with Crippen molar-refractivity contribution in [1.82, 2.24) is 9.29 Å². The number of aliphatic carboxylic acids is 1. The molecule has 0 spiro atoms. The number of hydrogen-bond acceptors (Lipinski definition) is 5. The number of nitrogens with zero attached hydrogens (tertiary/aromatic N) is 1. The highest BCUT2D eigenvalue weighted by Crippen LogP contribution is 2.44. The SMILES string of the molecule is Cc1cc(=O)[nH]c2ccc(S(=O)(=O)N3C[C@@H]4COCC[C@]4(C(=O)O)C3)cc12. The lowest BCUT2D eigenvalue weighted by Gasteiger charge is -2.34. The Morgan fingerprint density at radius 2 is 2.15 bits per heavy atom. The monoisotopic (exact) mass is 392 g/mol. The van der Waals surface area contributed by atoms with E-state index >= 15 is 0 Å². The molecule has 0 radical (unpaired) electrons. The van der Waals surface area contributed by atoms with Crippen LogP contribution in [0.3, 0.4) is 0 Å². The Morgan fingerprint density at radius 3 is 2.85 bits per heavy atom. The molecule has 27 heavy (non-hydrogen) atoms. The van der Waals surface area contributed by atoms with Gasteiger partial charge in [0.05, 0.1) is 16.9 Å². The molecule has 3 heterocycles. The molecule has 2 N–H and O–H groups in total. The van der Waals surface area contributed by atoms with Crippen molar-refractivity contribution in [1.29, 1.82) is 0 Å². The van der Waals surface area contributed by atoms with Gasteiger partial charge < -0.3 is 14.8 Å². The van der Waals surface area contributed by atoms with Crippen LogP contribution < -0.4 is 5.56 Å². The fourth-order valence-corrected chi connectivity index (χ4v) is 5.73. The van der Waals surface area contributed by atoms with E-state index in [9.17, 15) is 23.1 Å². The van der Waals surface area contributed by atoms with Gasteiger partial charge in [0.25, 0.3) is 0 Å². The lowest BCUT2D eigenvalue weighted by Crippen LogP contribution is -2.45. The fraction of sp³-hybridized carbons (Fsp3) is 0.444. The molecule has 2 fully saturated rings. The van der Waals surface area contributed by atoms with Crippen molar-refractivity contribution >= 4 is 26.9 Å². The first kappa shape index (κ1) is 18.1. The number of carboxylic acid groups (broad SMARTS) is 1. The van der Waals surface area contributed by atoms with Crippen molar-refractivity contribution in [2.75, 3.05) is 26.3 Å². The summed E-state index contributed by atoms with van der Waals surface area (Å²) in [5.74, 6) is -1.34. The molecular weight excluding hydrogens is 372 g/mol. The zero-order valence-electron chi connectivity index (χ0n) is 14.8. The van der Waals surface area contributed by atoms with Crippen LogP contribution in [-0.4, -0.2) is 55.1 Å². The van der Waals surface area contributed by atoms with Crippen LogP contribution in [0.2, 0.25) is 0 Å². The number of fused-ring (bicyclic) bond motifs is 2. The second kappa shape index (κ2) is 6.15. The van der Waals surface area contributed by atoms with Gasteiger partial charge in [-0.1, -0.05) is 0 Å². The summed E-state index contributed by atoms with van der Waals surface area (Å²) in [6, 6.07) is 5.95. The molecule has 0 unspecified atom stereocenters. The van der Waals surface area contributed by atoms with Crippen molar-refractivity contribution < 1.29 is 23.1 Å². The molecule has 1 aromatic carbocycles. The Labute approximate surface area is 155 Å². The smallest absolute Gasteiger partial charge is 0.311 e. The Balaban J connectivity index is 1.75. The van der Waals surface area contributed by atoms with Crippen LogP contribution in [0, 0.1) is 18.3 Å². The minimum Gasteiger partial charge on any atom is -0.481 e. The number of aryl methyl sites for hydroxylation is 1. The molecule has 0 aliphatic carbocycles. The fourth-order valence-electron chi connectivity index (χ4n) is 4.15. The first-order chi connectivity index (χ1) is 12.7. The van der Waals surface area contributed by atoms with Crippen LogP contribution >= 0.6 is 0 Å². The van der Waals surface area contributed by atoms with Crippen molar-refractivity contribution in [3.63, 3.8) is 0 Å². The second-order valence-electron chi connectivity index (χ2n) is 7.30. The average molecular weight is 392 g/mol. The largest absolute Gasteiger partial charge is 0.481 e. The highest BCUT2D eigenvalue weighted by molar-refractivity contribution is 7.89. The zero-order chi connectivity index (χ0) is 19.4. The van der Waals surface area contributed by atoms with Crippen LogP contribution in [0.1, 0.15) is 12.0 Å². The summed E-state index contributed by atoms with van der Waals surface area (Å²) in [4.78, 5) is 26.3. The van der Waals surface area contributed by atoms with Gasteiger partial charge in [-0.15, -0.1) is 0 Å². The highest BCUT2D eigenvalue weighted by Gasteiger charge is 2.56. The van der Waals surface area contributed by atoms with E-state index < -0.39 is 21.4 Å². The molecule has 2 aliphatic heterocycles. The molecule has 0 amide bonds. The number of carbonyl (C=O) groups is 1. The van der Waals surface area contributed by atoms with Gasteiger partial charge in [0, 0.05) is 42.6 Å². The topological polar surface area (TPSA) is 117 Å². The van der Waals surface area contributed by atoms with Gasteiger partial charge in [0.15, 0.2) is 0 Å². The minimum absolute atomic E-state index is 0.0542. The first-order valence-corrected chi connectivity index (χ1v) is 10.1. The first-order valence-electron chi connectivity index (χ1n) is 8.69. The molecule has 0 bridgehead atoms. The van der Waals surface area contributed by atoms with Crippen LogP contribution in [0.4, 0.5) is 0 Å². The molecule has 9 heteroatoms. The number of ether oxygens (including phenoxy) is 1. The van der Waals surface area contributed by atoms with Crippen LogP contribution in [0.5, 0.6) is 0 Å². The van der Waals surface area contributed by atoms with Crippen LogP contribution in [0.15, 0.2) is 34.0 Å². The molecule has 144 valence electrons. The third-order valence-electron chi connectivity index (χ3n) is 5.76. The van der Waals surface area contributed by atoms with Gasteiger partial charge in [-0.3, -0.25) is 9.59 Å². The van der Waals surface area contributed by atoms with Gasteiger partial charge in [-0.25, -0.2) is 8.42 Å². The van der Waals surface area contributed by atoms with Crippen molar-refractivity contribution in [2.24, 2.45) is 11.3 Å². The van der Waals surface area contributed by atoms with Crippen LogP contribution in [-0.2, 0) is 19.6 Å². The Kier molecular flexibility index (Phi) is 4.13. The molecule has 2 aromatic rings. The molecule has 4 rings (SSSR count). The quantitative estimate of drug-likeness (QED) is 0.803. The van der Waals surface area contributed by atoms with E-state index in [4.69, 9.17) is 4.74 Å². The standard InChI is InChI=1S/C18H20N2O6S/c1-11-6-16(21)19-15-3-2-13(7-14(11)15)27(24,25)20-8-12-9-26-5-4-18(12,10-20)17(22)23/h2-3,6-7,12H,4-5,8-10H2,1H3,(H,19,21)(H,22,23)/t12-,18+/m1/s1. The average Bonchev–Trinajstić information content (AvgIpc) is 3.03. The second-order valence-corrected chi connectivity index (χ2v) is 9.24. The van der Waals surface area contributed by atoms with E-state index in [1.807, 2.05) is 0 Å². The molecule has 2 saturated heterocycles. The summed E-state index contributed by atoms with van der Waals surface area (Å²) in [6.07, 6.45) is 0.303. The number of carboxylic acids is 1. The van der Waals surface area contributed by atoms with Gasteiger partial charge in [0.2, 0.25) is 15.6 Å². The Hall–Kier alpha value is -2.23. The number of sulfonamides is 1. The maximum Gasteiger partial charge on any atom is 0.311 e. The molecule has 2 atom stereocenters. The van der Waals surface area contributed by atoms with E-state index in [0.717, 1.165) is 0 Å². The summed E-state index contributed by atoms with van der Waals surface area (Å²) in [5, 5.41) is 10.4. The number of hydrogen-bond donors (Lipinski definition) is 2. The number of aromatic amines is 1. The predicted octanol–water partition coefficient (Wildman–Crippen LogP) is 0.948. The molecule has 0 saturated carbocycles. The number of aromatic nitrogens is 1. The van der Waals surface area contributed by atoms with E-state index in [2.05, 4.69) is 4.98 Å². The lowest BCUT2D eigenvalue weighted by molar-refractivity contribution is -0.157. The zero-order valence-corrected chi connectivity index (χ0v) is 15.6. The van der Waals surface area contributed by atoms with Gasteiger partial charge >= 0.3 is 5.97 Å². The predicted molar refractivity (Wildman–Crippen MR) is 97.1 cm³/mol. The molecule has 1 aromatic heterocycles. The normalized spacial score (nSPS) is 26.2. The number of benzene rings is 1. The molecular formula is C18H20N2O6S. The molecule has 8 nitrogen and oxygen atoms in total. The summed E-state index contributed by atoms with van der Waals surface area (Å²) in [7, 11) is -3.86. The maximum atomic E-state index is 13.2. The minimum atomic E-state index is -3.86. The van der Waals surface area contributed by atoms with E-state index in [-0.39, 0.29) is 36.1 Å². The van der Waals surface area contributed by atoms with Crippen LogP contribution in [0.25, 0.3) is 10.9 Å². The number of nitrogens with one attached hydrogen (secondary N) is 1. The van der Waals surface area contributed by atoms with E-state index in [1.165, 1.54) is 22.5 Å². The molecule has 2 aliphatic rings. The van der Waals surface area contributed by atoms with Crippen molar-refractivity contribution in [3.8, 4) is 0 Å². The third-order valence-corrected chi connectivity index (χ3v) is 7.57. The summed E-state index contributed by atoms with van der Waals surface area (Å²) < 4.78 is 33.0. The van der Waals surface area contributed by atoms with E-state index in [0.29, 0.717) is 29.5 Å². The number of rotatable bonds is 3. The lowest BCUT2D eigenvalue weighted by atomic mass is 9.74. The summed E-state index contributed by atoms with van der Waals surface area (Å²) >= 11 is 0. The summed E-state index contributed by atoms with van der Waals surface area (Å²) in [6.45, 7) is 2.38. The third kappa shape index (κ3) is 2.77. The van der Waals surface area contributed by atoms with Gasteiger partial charge in [-0.2, -0.15) is 4.31 Å². The van der Waals surface area contributed by atoms with E-state index in [1.54, 1.807) is 13.0 Å².